The molecule has 1 aliphatic rings. The number of rotatable bonds is 2. The minimum Gasteiger partial charge on any atom is -0.370 e. The predicted octanol–water partition coefficient (Wildman–Crippen LogP) is 1.95. The van der Waals surface area contributed by atoms with Crippen molar-refractivity contribution in [3.8, 4) is 6.07 Å². The van der Waals surface area contributed by atoms with Gasteiger partial charge in [0.25, 0.3) is 0 Å². The number of hydrogen-bond acceptors (Lipinski definition) is 4. The van der Waals surface area contributed by atoms with Crippen LogP contribution < -0.4 is 0 Å². The summed E-state index contributed by atoms with van der Waals surface area (Å²) in [5.74, 6) is 0. The topological polar surface area (TPSA) is 49.2 Å². The second-order valence-corrected chi connectivity index (χ2v) is 5.48. The van der Waals surface area contributed by atoms with Crippen LogP contribution in [0.1, 0.15) is 32.0 Å². The Hall–Kier alpha value is -1.44. The van der Waals surface area contributed by atoms with Crippen molar-refractivity contribution in [3.63, 3.8) is 0 Å². The van der Waals surface area contributed by atoms with E-state index in [1.54, 1.807) is 6.20 Å². The molecule has 96 valence electrons. The summed E-state index contributed by atoms with van der Waals surface area (Å²) in [6.45, 7) is 8.81. The lowest BCUT2D eigenvalue weighted by Crippen LogP contribution is -2.51. The van der Waals surface area contributed by atoms with Crippen LogP contribution >= 0.6 is 0 Å². The first-order valence-electron chi connectivity index (χ1n) is 6.24. The maximum absolute atomic E-state index is 9.05. The van der Waals surface area contributed by atoms with Gasteiger partial charge in [-0.15, -0.1) is 0 Å². The van der Waals surface area contributed by atoms with E-state index < -0.39 is 0 Å². The normalized spacial score (nSPS) is 23.6. The third-order valence-electron chi connectivity index (χ3n) is 3.03. The third-order valence-corrected chi connectivity index (χ3v) is 3.03. The molecule has 18 heavy (non-hydrogen) atoms. The molecule has 1 aromatic heterocycles. The predicted molar refractivity (Wildman–Crippen MR) is 68.9 cm³/mol. The zero-order valence-corrected chi connectivity index (χ0v) is 11.2. The Bertz CT molecular complexity index is 464. The molecule has 0 radical (unpaired) electrons. The average Bonchev–Trinajstić information content (AvgIpc) is 2.27. The van der Waals surface area contributed by atoms with Gasteiger partial charge in [-0.1, -0.05) is 6.07 Å². The van der Waals surface area contributed by atoms with Gasteiger partial charge in [-0.3, -0.25) is 4.90 Å². The molecule has 0 N–H and O–H groups in total. The molecule has 0 spiro atoms. The second-order valence-electron chi connectivity index (χ2n) is 5.48. The fourth-order valence-corrected chi connectivity index (χ4v) is 2.61. The molecular formula is C14H19N3O. The number of ether oxygens (including phenoxy) is 1. The van der Waals surface area contributed by atoms with Crippen molar-refractivity contribution in [1.29, 1.82) is 5.26 Å². The summed E-state index contributed by atoms with van der Waals surface area (Å²) >= 11 is 0. The van der Waals surface area contributed by atoms with Gasteiger partial charge in [-0.2, -0.15) is 5.26 Å². The molecule has 4 heteroatoms. The van der Waals surface area contributed by atoms with Crippen LogP contribution in [0.5, 0.6) is 0 Å². The van der Waals surface area contributed by atoms with E-state index in [0.29, 0.717) is 5.69 Å². The van der Waals surface area contributed by atoms with Crippen molar-refractivity contribution >= 4 is 0 Å². The molecule has 0 aromatic carbocycles. The number of aromatic nitrogens is 1. The molecule has 1 unspecified atom stereocenters. The van der Waals surface area contributed by atoms with Crippen LogP contribution in [-0.2, 0) is 11.3 Å². The molecular weight excluding hydrogens is 226 g/mol. The highest BCUT2D eigenvalue weighted by Crippen LogP contribution is 2.22. The van der Waals surface area contributed by atoms with Gasteiger partial charge in [0.15, 0.2) is 0 Å². The van der Waals surface area contributed by atoms with E-state index in [9.17, 15) is 0 Å². The van der Waals surface area contributed by atoms with Gasteiger partial charge in [0.05, 0.1) is 11.7 Å². The second kappa shape index (κ2) is 5.05. The number of nitriles is 1. The largest absolute Gasteiger partial charge is 0.370 e. The van der Waals surface area contributed by atoms with Crippen LogP contribution in [0.3, 0.4) is 0 Å². The molecule has 2 rings (SSSR count). The minimum atomic E-state index is -0.132. The molecule has 0 saturated carbocycles. The van der Waals surface area contributed by atoms with Gasteiger partial charge in [0.1, 0.15) is 11.8 Å². The quantitative estimate of drug-likeness (QED) is 0.799. The van der Waals surface area contributed by atoms with Crippen LogP contribution in [0.25, 0.3) is 0 Å². The first-order chi connectivity index (χ1) is 8.50. The number of hydrogen-bond donors (Lipinski definition) is 0. The molecule has 1 fully saturated rings. The summed E-state index contributed by atoms with van der Waals surface area (Å²) in [7, 11) is 0. The SMILES string of the molecule is CC1CN(Cc2cccnc2C#N)CC(C)(C)O1. The van der Waals surface area contributed by atoms with Gasteiger partial charge in [-0.25, -0.2) is 4.98 Å². The Morgan fingerprint density at radius 2 is 2.39 bits per heavy atom. The van der Waals surface area contributed by atoms with Gasteiger partial charge in [0.2, 0.25) is 0 Å². The Balaban J connectivity index is 2.12. The zero-order valence-electron chi connectivity index (χ0n) is 11.2. The Morgan fingerprint density at radius 1 is 1.61 bits per heavy atom. The Labute approximate surface area is 108 Å². The number of pyridine rings is 1. The van der Waals surface area contributed by atoms with Crippen LogP contribution in [0, 0.1) is 11.3 Å². The van der Waals surface area contributed by atoms with Crippen molar-refractivity contribution < 1.29 is 4.74 Å². The van der Waals surface area contributed by atoms with Crippen molar-refractivity contribution in [3.05, 3.63) is 29.6 Å². The fraction of sp³-hybridized carbons (Fsp3) is 0.571. The first kappa shape index (κ1) is 13.0. The van der Waals surface area contributed by atoms with Crippen molar-refractivity contribution in [2.24, 2.45) is 0 Å². The fourth-order valence-electron chi connectivity index (χ4n) is 2.61. The Morgan fingerprint density at radius 3 is 3.06 bits per heavy atom. The van der Waals surface area contributed by atoms with E-state index in [1.807, 2.05) is 12.1 Å². The summed E-state index contributed by atoms with van der Waals surface area (Å²) in [4.78, 5) is 6.42. The van der Waals surface area contributed by atoms with Crippen molar-refractivity contribution in [1.82, 2.24) is 9.88 Å². The van der Waals surface area contributed by atoms with Gasteiger partial charge >= 0.3 is 0 Å². The molecule has 0 bridgehead atoms. The monoisotopic (exact) mass is 245 g/mol. The van der Waals surface area contributed by atoms with E-state index in [0.717, 1.165) is 25.2 Å². The van der Waals surface area contributed by atoms with E-state index in [1.165, 1.54) is 0 Å². The highest BCUT2D eigenvalue weighted by atomic mass is 16.5. The average molecular weight is 245 g/mol. The molecule has 1 aromatic rings. The summed E-state index contributed by atoms with van der Waals surface area (Å²) in [6.07, 6.45) is 1.88. The maximum Gasteiger partial charge on any atom is 0.144 e. The summed E-state index contributed by atoms with van der Waals surface area (Å²) < 4.78 is 5.88. The molecule has 0 aliphatic carbocycles. The zero-order chi connectivity index (χ0) is 13.2. The van der Waals surface area contributed by atoms with E-state index in [-0.39, 0.29) is 11.7 Å². The molecule has 0 amide bonds. The van der Waals surface area contributed by atoms with Crippen LogP contribution in [-0.4, -0.2) is 34.7 Å². The maximum atomic E-state index is 9.05. The van der Waals surface area contributed by atoms with Crippen LogP contribution in [0.15, 0.2) is 18.3 Å². The smallest absolute Gasteiger partial charge is 0.144 e. The lowest BCUT2D eigenvalue weighted by Gasteiger charge is -2.41. The standard InChI is InChI=1S/C14H19N3O/c1-11-8-17(10-14(2,3)18-11)9-12-5-4-6-16-13(12)7-15/h4-6,11H,8-10H2,1-3H3. The van der Waals surface area contributed by atoms with Gasteiger partial charge in [0, 0.05) is 31.4 Å². The molecule has 4 nitrogen and oxygen atoms in total. The minimum absolute atomic E-state index is 0.132. The number of morpholine rings is 1. The lowest BCUT2D eigenvalue weighted by atomic mass is 10.0. The van der Waals surface area contributed by atoms with Crippen LogP contribution in [0.2, 0.25) is 0 Å². The van der Waals surface area contributed by atoms with Crippen molar-refractivity contribution in [2.45, 2.75) is 39.0 Å². The molecule has 2 heterocycles. The number of nitrogens with zero attached hydrogens (tertiary/aromatic N) is 3. The van der Waals surface area contributed by atoms with Crippen LogP contribution in [0.4, 0.5) is 0 Å². The third kappa shape index (κ3) is 3.06. The Kier molecular flexibility index (Phi) is 3.65. The highest BCUT2D eigenvalue weighted by molar-refractivity contribution is 5.30. The van der Waals surface area contributed by atoms with Gasteiger partial charge in [-0.05, 0) is 26.8 Å². The molecule has 1 saturated heterocycles. The summed E-state index contributed by atoms with van der Waals surface area (Å²) in [6, 6.07) is 6.00. The molecule has 1 atom stereocenters. The van der Waals surface area contributed by atoms with Crippen molar-refractivity contribution in [2.75, 3.05) is 13.1 Å². The van der Waals surface area contributed by atoms with E-state index in [2.05, 4.69) is 36.7 Å². The van der Waals surface area contributed by atoms with E-state index >= 15 is 0 Å². The molecule has 1 aliphatic heterocycles. The summed E-state index contributed by atoms with van der Waals surface area (Å²) in [5.41, 5.74) is 1.38. The summed E-state index contributed by atoms with van der Waals surface area (Å²) in [5, 5.41) is 9.05. The first-order valence-corrected chi connectivity index (χ1v) is 6.24. The lowest BCUT2D eigenvalue weighted by molar-refractivity contribution is -0.130. The van der Waals surface area contributed by atoms with E-state index in [4.69, 9.17) is 10.00 Å². The van der Waals surface area contributed by atoms with Gasteiger partial charge < -0.3 is 4.74 Å². The highest BCUT2D eigenvalue weighted by Gasteiger charge is 2.31.